The number of fused-ring (bicyclic) bond motifs is 1. The molecule has 1 aromatic heterocycles. The zero-order chi connectivity index (χ0) is 18.8. The van der Waals surface area contributed by atoms with Crippen LogP contribution in [0.25, 0.3) is 27.8 Å². The summed E-state index contributed by atoms with van der Waals surface area (Å²) in [7, 11) is 0. The molecule has 1 heterocycles. The summed E-state index contributed by atoms with van der Waals surface area (Å²) in [5, 5.41) is 40.4. The van der Waals surface area contributed by atoms with E-state index in [-0.39, 0.29) is 18.1 Å². The van der Waals surface area contributed by atoms with E-state index in [4.69, 9.17) is 0 Å². The van der Waals surface area contributed by atoms with Crippen molar-refractivity contribution in [2.75, 3.05) is 12.4 Å². The van der Waals surface area contributed by atoms with Crippen LogP contribution in [0.1, 0.15) is 0 Å². The van der Waals surface area contributed by atoms with Crippen molar-refractivity contribution in [2.24, 2.45) is 0 Å². The van der Waals surface area contributed by atoms with E-state index in [1.807, 2.05) is 47.0 Å². The van der Waals surface area contributed by atoms with Crippen LogP contribution >= 0.6 is 11.8 Å². The third-order valence-electron chi connectivity index (χ3n) is 4.19. The molecule has 3 N–H and O–H groups in total. The summed E-state index contributed by atoms with van der Waals surface area (Å²) in [4.78, 5) is 0. The topological polar surface area (TPSA) is 91.4 Å². The summed E-state index contributed by atoms with van der Waals surface area (Å²) in [5.74, 6) is 0.832. The number of phenolic OH excluding ortho intramolecular Hbond substituents is 2. The minimum atomic E-state index is -0.0809. The summed E-state index contributed by atoms with van der Waals surface area (Å²) in [6.07, 6.45) is 0. The first-order valence-electron chi connectivity index (χ1n) is 8.38. The second-order valence-electron chi connectivity index (χ2n) is 5.91. The van der Waals surface area contributed by atoms with Crippen LogP contribution < -0.4 is 0 Å². The van der Waals surface area contributed by atoms with Gasteiger partial charge in [-0.3, -0.25) is 4.57 Å². The number of phenols is 2. The monoisotopic (exact) mass is 379 g/mol. The SMILES string of the molecule is OCCSc1nnc(-c2ccc(O)cc2O)n1-c1cccc2ccccc12. The van der Waals surface area contributed by atoms with Crippen LogP contribution in [0.4, 0.5) is 0 Å². The molecule has 0 bridgehead atoms. The minimum absolute atomic E-state index is 0.0207. The minimum Gasteiger partial charge on any atom is -0.508 e. The maximum atomic E-state index is 10.3. The molecule has 27 heavy (non-hydrogen) atoms. The molecule has 0 spiro atoms. The average molecular weight is 379 g/mol. The molecule has 0 unspecified atom stereocenters. The molecule has 6 nitrogen and oxygen atoms in total. The van der Waals surface area contributed by atoms with Crippen LogP contribution in [0.5, 0.6) is 11.5 Å². The molecule has 0 saturated carbocycles. The molecule has 0 aliphatic carbocycles. The van der Waals surface area contributed by atoms with Gasteiger partial charge in [-0.15, -0.1) is 10.2 Å². The van der Waals surface area contributed by atoms with Gasteiger partial charge in [-0.25, -0.2) is 0 Å². The molecular weight excluding hydrogens is 362 g/mol. The lowest BCUT2D eigenvalue weighted by Gasteiger charge is -2.13. The third-order valence-corrected chi connectivity index (χ3v) is 5.09. The Bertz CT molecular complexity index is 1110. The molecule has 0 radical (unpaired) electrons. The molecule has 0 atom stereocenters. The van der Waals surface area contributed by atoms with E-state index in [9.17, 15) is 15.3 Å². The summed E-state index contributed by atoms with van der Waals surface area (Å²) < 4.78 is 1.87. The van der Waals surface area contributed by atoms with Crippen molar-refractivity contribution in [3.63, 3.8) is 0 Å². The number of nitrogens with zero attached hydrogens (tertiary/aromatic N) is 3. The normalized spacial score (nSPS) is 11.1. The summed E-state index contributed by atoms with van der Waals surface area (Å²) >= 11 is 1.38. The van der Waals surface area contributed by atoms with Crippen LogP contribution in [0.2, 0.25) is 0 Å². The van der Waals surface area contributed by atoms with Gasteiger partial charge in [0.15, 0.2) is 11.0 Å². The van der Waals surface area contributed by atoms with Crippen LogP contribution in [-0.4, -0.2) is 42.4 Å². The first-order chi connectivity index (χ1) is 13.2. The fourth-order valence-electron chi connectivity index (χ4n) is 3.00. The first kappa shape index (κ1) is 17.4. The van der Waals surface area contributed by atoms with E-state index in [1.165, 1.54) is 23.9 Å². The smallest absolute Gasteiger partial charge is 0.196 e. The van der Waals surface area contributed by atoms with Gasteiger partial charge in [-0.05, 0) is 23.6 Å². The standard InChI is InChI=1S/C20H17N3O3S/c24-10-11-27-20-22-21-19(16-9-8-14(25)12-18(16)26)23(20)17-7-3-5-13-4-1-2-6-15(13)17/h1-9,12,24-26H,10-11H2. The molecule has 0 amide bonds. The fraction of sp³-hybridized carbons (Fsp3) is 0.100. The second kappa shape index (κ2) is 7.30. The zero-order valence-electron chi connectivity index (χ0n) is 14.3. The molecule has 136 valence electrons. The Hall–Kier alpha value is -3.03. The van der Waals surface area contributed by atoms with Crippen molar-refractivity contribution < 1.29 is 15.3 Å². The van der Waals surface area contributed by atoms with Crippen molar-refractivity contribution in [2.45, 2.75) is 5.16 Å². The van der Waals surface area contributed by atoms with Crippen molar-refractivity contribution >= 4 is 22.5 Å². The maximum absolute atomic E-state index is 10.3. The number of benzene rings is 3. The van der Waals surface area contributed by atoms with Gasteiger partial charge >= 0.3 is 0 Å². The maximum Gasteiger partial charge on any atom is 0.196 e. The Balaban J connectivity index is 1.98. The van der Waals surface area contributed by atoms with E-state index < -0.39 is 0 Å². The molecule has 0 fully saturated rings. The van der Waals surface area contributed by atoms with E-state index >= 15 is 0 Å². The lowest BCUT2D eigenvalue weighted by atomic mass is 10.1. The highest BCUT2D eigenvalue weighted by atomic mass is 32.2. The highest BCUT2D eigenvalue weighted by Gasteiger charge is 2.20. The van der Waals surface area contributed by atoms with E-state index in [0.29, 0.717) is 22.3 Å². The van der Waals surface area contributed by atoms with Crippen LogP contribution in [0.3, 0.4) is 0 Å². The Morgan fingerprint density at radius 2 is 1.74 bits per heavy atom. The Kier molecular flexibility index (Phi) is 4.70. The highest BCUT2D eigenvalue weighted by molar-refractivity contribution is 7.99. The fourth-order valence-corrected chi connectivity index (χ4v) is 3.69. The molecule has 4 rings (SSSR count). The van der Waals surface area contributed by atoms with Gasteiger partial charge < -0.3 is 15.3 Å². The van der Waals surface area contributed by atoms with Gasteiger partial charge in [-0.1, -0.05) is 48.2 Å². The summed E-state index contributed by atoms with van der Waals surface area (Å²) in [6.45, 7) is 0.0207. The average Bonchev–Trinajstić information content (AvgIpc) is 3.09. The number of hydrogen-bond donors (Lipinski definition) is 3. The second-order valence-corrected chi connectivity index (χ2v) is 6.98. The Morgan fingerprint density at radius 3 is 2.56 bits per heavy atom. The van der Waals surface area contributed by atoms with E-state index in [2.05, 4.69) is 10.2 Å². The molecular formula is C20H17N3O3S. The molecule has 0 aliphatic rings. The number of aromatic nitrogens is 3. The van der Waals surface area contributed by atoms with Gasteiger partial charge in [0.25, 0.3) is 0 Å². The van der Waals surface area contributed by atoms with E-state index in [0.717, 1.165) is 16.5 Å². The van der Waals surface area contributed by atoms with Crippen molar-refractivity contribution in [3.8, 4) is 28.6 Å². The van der Waals surface area contributed by atoms with Crippen molar-refractivity contribution in [1.29, 1.82) is 0 Å². The summed E-state index contributed by atoms with van der Waals surface area (Å²) in [6, 6.07) is 18.3. The van der Waals surface area contributed by atoms with Crippen LogP contribution in [0, 0.1) is 0 Å². The molecule has 7 heteroatoms. The summed E-state index contributed by atoms with van der Waals surface area (Å²) in [5.41, 5.74) is 1.34. The molecule has 0 saturated heterocycles. The number of thioether (sulfide) groups is 1. The van der Waals surface area contributed by atoms with Crippen LogP contribution in [-0.2, 0) is 0 Å². The van der Waals surface area contributed by atoms with Gasteiger partial charge in [0.2, 0.25) is 0 Å². The van der Waals surface area contributed by atoms with Gasteiger partial charge in [0, 0.05) is 17.2 Å². The van der Waals surface area contributed by atoms with Crippen molar-refractivity contribution in [1.82, 2.24) is 14.8 Å². The molecule has 4 aromatic rings. The quantitative estimate of drug-likeness (QED) is 0.459. The first-order valence-corrected chi connectivity index (χ1v) is 9.37. The third kappa shape index (κ3) is 3.22. The van der Waals surface area contributed by atoms with Crippen molar-refractivity contribution in [3.05, 3.63) is 60.7 Å². The lowest BCUT2D eigenvalue weighted by Crippen LogP contribution is -2.01. The van der Waals surface area contributed by atoms with Gasteiger partial charge in [0.1, 0.15) is 11.5 Å². The number of aliphatic hydroxyl groups is 1. The molecule has 3 aromatic carbocycles. The van der Waals surface area contributed by atoms with E-state index in [1.54, 1.807) is 6.07 Å². The predicted octanol–water partition coefficient (Wildman–Crippen LogP) is 3.58. The number of rotatable bonds is 5. The lowest BCUT2D eigenvalue weighted by molar-refractivity contribution is 0.322. The number of aromatic hydroxyl groups is 2. The molecule has 0 aliphatic heterocycles. The Labute approximate surface area is 159 Å². The number of hydrogen-bond acceptors (Lipinski definition) is 6. The number of aliphatic hydroxyl groups excluding tert-OH is 1. The largest absolute Gasteiger partial charge is 0.508 e. The van der Waals surface area contributed by atoms with Gasteiger partial charge in [0.05, 0.1) is 17.9 Å². The predicted molar refractivity (Wildman–Crippen MR) is 105 cm³/mol. The highest BCUT2D eigenvalue weighted by Crippen LogP contribution is 2.36. The Morgan fingerprint density at radius 1 is 0.926 bits per heavy atom. The van der Waals surface area contributed by atoms with Crippen LogP contribution in [0.15, 0.2) is 65.8 Å². The van der Waals surface area contributed by atoms with Gasteiger partial charge in [-0.2, -0.15) is 0 Å². The zero-order valence-corrected chi connectivity index (χ0v) is 15.1.